The summed E-state index contributed by atoms with van der Waals surface area (Å²) in [6.07, 6.45) is -0.00825. The van der Waals surface area contributed by atoms with E-state index in [0.717, 1.165) is 0 Å². The van der Waals surface area contributed by atoms with Crippen LogP contribution in [-0.2, 0) is 25.6 Å². The summed E-state index contributed by atoms with van der Waals surface area (Å²) in [7, 11) is 0. The molecule has 0 heterocycles. The van der Waals surface area contributed by atoms with Crippen molar-refractivity contribution in [1.29, 1.82) is 0 Å². The van der Waals surface area contributed by atoms with Crippen LogP contribution in [0.15, 0.2) is 24.3 Å². The van der Waals surface area contributed by atoms with Gasteiger partial charge in [0, 0.05) is 12.2 Å². The number of aliphatic carboxylic acids is 1. The molecule has 0 aliphatic rings. The number of carboxylic acids is 1. The van der Waals surface area contributed by atoms with Crippen LogP contribution in [0, 0.1) is 5.92 Å². The van der Waals surface area contributed by atoms with Crippen LogP contribution in [0.3, 0.4) is 0 Å². The van der Waals surface area contributed by atoms with Gasteiger partial charge in [-0.05, 0) is 23.6 Å². The van der Waals surface area contributed by atoms with E-state index >= 15 is 0 Å². The number of rotatable bonds is 12. The number of aliphatic hydroxyl groups is 1. The third-order valence-electron chi connectivity index (χ3n) is 4.59. The lowest BCUT2D eigenvalue weighted by Gasteiger charge is -2.26. The summed E-state index contributed by atoms with van der Waals surface area (Å²) < 4.78 is 0. The van der Waals surface area contributed by atoms with Crippen molar-refractivity contribution in [2.75, 3.05) is 12.4 Å². The number of hydrogen-bond acceptors (Lipinski definition) is 8. The monoisotopic (exact) mass is 470 g/mol. The third-order valence-corrected chi connectivity index (χ3v) is 4.95. The van der Waals surface area contributed by atoms with Crippen LogP contribution >= 0.6 is 12.6 Å². The first kappa shape index (κ1) is 27.2. The van der Waals surface area contributed by atoms with Crippen LogP contribution in [0.4, 0.5) is 0 Å². The lowest BCUT2D eigenvalue weighted by atomic mass is 10.0. The zero-order chi connectivity index (χ0) is 24.4. The Morgan fingerprint density at radius 3 is 2.00 bits per heavy atom. The minimum atomic E-state index is -1.28. The maximum absolute atomic E-state index is 12.9. The first-order valence-electron chi connectivity index (χ1n) is 9.89. The Hall–Kier alpha value is -2.83. The lowest BCUT2D eigenvalue weighted by molar-refractivity contribution is -0.141. The number of hydrogen-bond donors (Lipinski definition) is 8. The number of phenolic OH excluding ortho intramolecular Hbond substituents is 1. The highest BCUT2D eigenvalue weighted by atomic mass is 32.1. The Labute approximate surface area is 191 Å². The summed E-state index contributed by atoms with van der Waals surface area (Å²) in [6, 6.07) is 1.20. The Kier molecular flexibility index (Phi) is 11.0. The van der Waals surface area contributed by atoms with Gasteiger partial charge in [0.1, 0.15) is 29.9 Å². The first-order valence-corrected chi connectivity index (χ1v) is 10.5. The smallest absolute Gasteiger partial charge is 0.327 e. The molecule has 0 fully saturated rings. The number of thiol groups is 1. The quantitative estimate of drug-likeness (QED) is 0.167. The highest BCUT2D eigenvalue weighted by Crippen LogP contribution is 2.12. The van der Waals surface area contributed by atoms with Gasteiger partial charge in [0.2, 0.25) is 17.7 Å². The molecule has 1 aromatic rings. The van der Waals surface area contributed by atoms with Gasteiger partial charge in [-0.3, -0.25) is 14.4 Å². The number of nitrogens with one attached hydrogen (secondary N) is 3. The van der Waals surface area contributed by atoms with E-state index in [-0.39, 0.29) is 23.8 Å². The van der Waals surface area contributed by atoms with Crippen LogP contribution in [0.1, 0.15) is 19.4 Å². The summed E-state index contributed by atoms with van der Waals surface area (Å²) in [6.45, 7) is 2.74. The van der Waals surface area contributed by atoms with Crippen LogP contribution in [0.5, 0.6) is 5.75 Å². The molecule has 12 heteroatoms. The molecule has 0 aliphatic heterocycles. The second-order valence-corrected chi connectivity index (χ2v) is 7.90. The van der Waals surface area contributed by atoms with Gasteiger partial charge in [0.05, 0.1) is 6.61 Å². The molecule has 0 aromatic heterocycles. The number of carbonyl (C=O) groups excluding carboxylic acids is 3. The van der Waals surface area contributed by atoms with Crippen molar-refractivity contribution in [3.8, 4) is 5.75 Å². The van der Waals surface area contributed by atoms with Gasteiger partial charge in [0.15, 0.2) is 0 Å². The number of benzene rings is 1. The number of carbonyl (C=O) groups is 4. The van der Waals surface area contributed by atoms with E-state index < -0.39 is 54.5 Å². The largest absolute Gasteiger partial charge is 0.508 e. The third kappa shape index (κ3) is 8.36. The van der Waals surface area contributed by atoms with Crippen LogP contribution in [-0.4, -0.2) is 75.5 Å². The molecule has 0 bridgehead atoms. The average molecular weight is 471 g/mol. The molecule has 0 saturated heterocycles. The molecule has 178 valence electrons. The highest BCUT2D eigenvalue weighted by Gasteiger charge is 2.31. The predicted octanol–water partition coefficient (Wildman–Crippen LogP) is -1.62. The molecule has 11 nitrogen and oxygen atoms in total. The fourth-order valence-corrected chi connectivity index (χ4v) is 2.92. The SMILES string of the molecule is CC(C)C(NC(=O)C(N)CO)C(=O)NC(Cc1ccc(O)cc1)C(=O)NC(CS)C(=O)O. The van der Waals surface area contributed by atoms with Crippen molar-refractivity contribution in [3.63, 3.8) is 0 Å². The molecule has 0 radical (unpaired) electrons. The van der Waals surface area contributed by atoms with Gasteiger partial charge in [0.25, 0.3) is 0 Å². The minimum absolute atomic E-state index is 0.00825. The maximum Gasteiger partial charge on any atom is 0.327 e. The topological polar surface area (TPSA) is 191 Å². The van der Waals surface area contributed by atoms with Crippen LogP contribution in [0.2, 0.25) is 0 Å². The molecular weight excluding hydrogens is 440 g/mol. The Morgan fingerprint density at radius 1 is 0.969 bits per heavy atom. The van der Waals surface area contributed by atoms with E-state index in [4.69, 9.17) is 10.8 Å². The number of aliphatic hydroxyl groups excluding tert-OH is 1. The van der Waals surface area contributed by atoms with Gasteiger partial charge >= 0.3 is 5.97 Å². The predicted molar refractivity (Wildman–Crippen MR) is 119 cm³/mol. The van der Waals surface area contributed by atoms with Crippen LogP contribution < -0.4 is 21.7 Å². The lowest BCUT2D eigenvalue weighted by Crippen LogP contribution is -2.59. The zero-order valence-electron chi connectivity index (χ0n) is 17.8. The van der Waals surface area contributed by atoms with Crippen molar-refractivity contribution in [1.82, 2.24) is 16.0 Å². The van der Waals surface area contributed by atoms with Crippen molar-refractivity contribution < 1.29 is 34.5 Å². The number of carboxylic acid groups (broad SMARTS) is 1. The molecule has 1 aromatic carbocycles. The Balaban J connectivity index is 3.08. The molecule has 0 aliphatic carbocycles. The van der Waals surface area contributed by atoms with Crippen molar-refractivity contribution in [2.45, 2.75) is 44.4 Å². The standard InChI is InChI=1S/C20H30N4O7S/c1-10(2)16(24-17(27)13(21)8-25)19(29)22-14(7-11-3-5-12(26)6-4-11)18(28)23-15(9-32)20(30)31/h3-6,10,13-16,25-26,32H,7-9,21H2,1-2H3,(H,22,29)(H,23,28)(H,24,27)(H,30,31). The van der Waals surface area contributed by atoms with E-state index in [1.807, 2.05) is 0 Å². The highest BCUT2D eigenvalue weighted by molar-refractivity contribution is 7.80. The van der Waals surface area contributed by atoms with E-state index in [2.05, 4.69) is 28.6 Å². The second-order valence-electron chi connectivity index (χ2n) is 7.53. The summed E-state index contributed by atoms with van der Waals surface area (Å²) in [4.78, 5) is 49.0. The van der Waals surface area contributed by atoms with E-state index in [1.165, 1.54) is 12.1 Å². The number of nitrogens with two attached hydrogens (primary N) is 1. The number of phenols is 1. The van der Waals surface area contributed by atoms with Crippen molar-refractivity contribution in [2.24, 2.45) is 11.7 Å². The summed E-state index contributed by atoms with van der Waals surface area (Å²) in [5, 5.41) is 35.0. The molecule has 3 amide bonds. The zero-order valence-corrected chi connectivity index (χ0v) is 18.7. The van der Waals surface area contributed by atoms with E-state index in [1.54, 1.807) is 26.0 Å². The fraction of sp³-hybridized carbons (Fsp3) is 0.500. The molecule has 0 spiro atoms. The van der Waals surface area contributed by atoms with Crippen molar-refractivity contribution in [3.05, 3.63) is 29.8 Å². The van der Waals surface area contributed by atoms with E-state index in [9.17, 15) is 29.4 Å². The summed E-state index contributed by atoms with van der Waals surface area (Å²) >= 11 is 3.91. The van der Waals surface area contributed by atoms with E-state index in [0.29, 0.717) is 5.56 Å². The summed E-state index contributed by atoms with van der Waals surface area (Å²) in [5.74, 6) is -3.99. The first-order chi connectivity index (χ1) is 15.0. The molecule has 32 heavy (non-hydrogen) atoms. The Bertz CT molecular complexity index is 804. The number of amides is 3. The van der Waals surface area contributed by atoms with Gasteiger partial charge in [-0.25, -0.2) is 4.79 Å². The number of aromatic hydroxyl groups is 1. The maximum atomic E-state index is 12.9. The Morgan fingerprint density at radius 2 is 1.53 bits per heavy atom. The molecule has 8 N–H and O–H groups in total. The van der Waals surface area contributed by atoms with Gasteiger partial charge < -0.3 is 37.0 Å². The molecule has 0 saturated carbocycles. The average Bonchev–Trinajstić information content (AvgIpc) is 2.75. The normalized spacial score (nSPS) is 14.7. The second kappa shape index (κ2) is 12.9. The van der Waals surface area contributed by atoms with Gasteiger partial charge in [-0.1, -0.05) is 26.0 Å². The molecule has 1 rings (SSSR count). The summed E-state index contributed by atoms with van der Waals surface area (Å²) in [5.41, 5.74) is 6.08. The van der Waals surface area contributed by atoms with Crippen LogP contribution in [0.25, 0.3) is 0 Å². The van der Waals surface area contributed by atoms with Gasteiger partial charge in [-0.2, -0.15) is 12.6 Å². The van der Waals surface area contributed by atoms with Crippen molar-refractivity contribution >= 4 is 36.3 Å². The van der Waals surface area contributed by atoms with Gasteiger partial charge in [-0.15, -0.1) is 0 Å². The molecular formula is C20H30N4O7S. The fourth-order valence-electron chi connectivity index (χ4n) is 2.67. The minimum Gasteiger partial charge on any atom is -0.508 e. The molecule has 4 atom stereocenters. The molecule has 4 unspecified atom stereocenters.